The first-order valence-corrected chi connectivity index (χ1v) is 20.2. The first kappa shape index (κ1) is 55.0. The molecule has 4 N–H and O–H groups in total. The van der Waals surface area contributed by atoms with Crippen molar-refractivity contribution < 1.29 is 14.3 Å². The molecule has 50 heavy (non-hydrogen) atoms. The van der Waals surface area contributed by atoms with Crippen LogP contribution in [0, 0.1) is 23.2 Å². The molecule has 0 heterocycles. The van der Waals surface area contributed by atoms with Gasteiger partial charge in [0.2, 0.25) is 6.41 Å². The van der Waals surface area contributed by atoms with E-state index >= 15 is 0 Å². The largest absolute Gasteiger partial charge is 0.378 e. The van der Waals surface area contributed by atoms with Gasteiger partial charge in [-0.3, -0.25) is 4.79 Å². The molecule has 0 saturated heterocycles. The fraction of sp³-hybridized carbons (Fsp3) is 0.818. The third-order valence-electron chi connectivity index (χ3n) is 10.0. The van der Waals surface area contributed by atoms with E-state index in [9.17, 15) is 9.59 Å². The van der Waals surface area contributed by atoms with Crippen molar-refractivity contribution in [2.24, 2.45) is 28.9 Å². The van der Waals surface area contributed by atoms with Crippen LogP contribution in [0.2, 0.25) is 0 Å². The van der Waals surface area contributed by atoms with Crippen molar-refractivity contribution in [2.75, 3.05) is 21.2 Å². The summed E-state index contributed by atoms with van der Waals surface area (Å²) < 4.78 is 5.57. The molecular formula is C44H89N3O3. The van der Waals surface area contributed by atoms with Crippen molar-refractivity contribution in [3.8, 4) is 0 Å². The highest BCUT2D eigenvalue weighted by Gasteiger charge is 2.30. The van der Waals surface area contributed by atoms with Crippen LogP contribution in [0.25, 0.3) is 0 Å². The summed E-state index contributed by atoms with van der Waals surface area (Å²) in [6, 6.07) is 0.429. The lowest BCUT2D eigenvalue weighted by molar-refractivity contribution is -0.111. The van der Waals surface area contributed by atoms with Gasteiger partial charge in [-0.1, -0.05) is 144 Å². The first-order chi connectivity index (χ1) is 23.6. The second-order valence-electron chi connectivity index (χ2n) is 14.8. The molecule has 0 bridgehead atoms. The summed E-state index contributed by atoms with van der Waals surface area (Å²) in [4.78, 5) is 21.2. The highest BCUT2D eigenvalue weighted by atomic mass is 16.5. The van der Waals surface area contributed by atoms with E-state index in [4.69, 9.17) is 10.5 Å². The Morgan fingerprint density at radius 1 is 1.04 bits per heavy atom. The number of hydrogen-bond acceptors (Lipinski definition) is 5. The molecule has 0 spiro atoms. The number of rotatable bonds is 16. The van der Waals surface area contributed by atoms with E-state index in [0.717, 1.165) is 49.9 Å². The highest BCUT2D eigenvalue weighted by Crippen LogP contribution is 2.33. The van der Waals surface area contributed by atoms with Crippen LogP contribution >= 0.6 is 0 Å². The minimum Gasteiger partial charge on any atom is -0.378 e. The van der Waals surface area contributed by atoms with Crippen LogP contribution in [-0.4, -0.2) is 51.6 Å². The number of methoxy groups -OCH3 is 1. The van der Waals surface area contributed by atoms with E-state index in [-0.39, 0.29) is 28.9 Å². The van der Waals surface area contributed by atoms with Crippen LogP contribution in [0.4, 0.5) is 0 Å². The minimum atomic E-state index is -0.251. The molecule has 0 radical (unpaired) electrons. The van der Waals surface area contributed by atoms with Crippen LogP contribution in [0.1, 0.15) is 173 Å². The molecular weight excluding hydrogens is 619 g/mol. The lowest BCUT2D eigenvalue weighted by atomic mass is 9.75. The fourth-order valence-electron chi connectivity index (χ4n) is 6.56. The molecule has 2 aliphatic rings. The Morgan fingerprint density at radius 2 is 1.60 bits per heavy atom. The van der Waals surface area contributed by atoms with Crippen molar-refractivity contribution in [3.05, 3.63) is 36.0 Å². The predicted octanol–water partition coefficient (Wildman–Crippen LogP) is 11.4. The van der Waals surface area contributed by atoms with Gasteiger partial charge >= 0.3 is 0 Å². The number of aldehydes is 1. The molecule has 6 heteroatoms. The molecule has 2 unspecified atom stereocenters. The highest BCUT2D eigenvalue weighted by molar-refractivity contribution is 5.58. The van der Waals surface area contributed by atoms with Gasteiger partial charge in [0.1, 0.15) is 6.29 Å². The maximum atomic E-state index is 10.8. The molecule has 0 aliphatic heterocycles. The van der Waals surface area contributed by atoms with E-state index in [1.54, 1.807) is 12.7 Å². The van der Waals surface area contributed by atoms with Crippen molar-refractivity contribution >= 4 is 12.7 Å². The molecule has 1 fully saturated rings. The second kappa shape index (κ2) is 35.6. The van der Waals surface area contributed by atoms with Crippen LogP contribution in [-0.2, 0) is 14.3 Å². The van der Waals surface area contributed by atoms with E-state index in [1.807, 2.05) is 41.8 Å². The third kappa shape index (κ3) is 28.9. The second-order valence-corrected chi connectivity index (χ2v) is 14.8. The maximum Gasteiger partial charge on any atom is 0.207 e. The normalized spacial score (nSPS) is 18.4. The van der Waals surface area contributed by atoms with Crippen LogP contribution < -0.4 is 16.4 Å². The Kier molecular flexibility index (Phi) is 39.2. The zero-order chi connectivity index (χ0) is 39.6. The number of allylic oxidation sites excluding steroid dienone is 5. The van der Waals surface area contributed by atoms with Crippen LogP contribution in [0.3, 0.4) is 0 Å². The quantitative estimate of drug-likeness (QED) is 0.110. The van der Waals surface area contributed by atoms with Gasteiger partial charge in [0.25, 0.3) is 0 Å². The van der Waals surface area contributed by atoms with Gasteiger partial charge in [-0.15, -0.1) is 0 Å². The van der Waals surface area contributed by atoms with Crippen molar-refractivity contribution in [3.63, 3.8) is 0 Å². The van der Waals surface area contributed by atoms with E-state index in [2.05, 4.69) is 90.8 Å². The number of carbonyl (C=O) groups is 2. The molecule has 2 rings (SSSR count). The average Bonchev–Trinajstić information content (AvgIpc) is 3.12. The number of ether oxygens (including phenoxy) is 1. The monoisotopic (exact) mass is 708 g/mol. The van der Waals surface area contributed by atoms with Gasteiger partial charge < -0.3 is 25.9 Å². The standard InChI is InChI=1S/C14H27NO2.C11H23NO.C8H12.C7H14.C2H7N.C2H6/c1-10(13(4)11(2)9-16)7-14(5,17-6)8-12(3)15;1-5-8-11(4,7-3)10(6-2)12-9-13;1-2-8-6-4-3-5-7-8;1-7-5-3-2-4-6-7;1-3-2;1-2/h9-12H,4,7-8,15H2,1-3,5-6H3;9-10H,5-8H2,1-4H3,(H,12,13);3-4,6H,2,5,7H2,1H3;7H,2-6H2,1H3;3H,1-2H3;1-2H3/t10-,11?,12-,14+;10?,11-;;;;/m11..../s1. The van der Waals surface area contributed by atoms with Gasteiger partial charge in [-0.05, 0) is 96.6 Å². The van der Waals surface area contributed by atoms with Crippen LogP contribution in [0.15, 0.2) is 36.0 Å². The maximum absolute atomic E-state index is 10.8. The zero-order valence-electron chi connectivity index (χ0n) is 36.2. The van der Waals surface area contributed by atoms with E-state index in [1.165, 1.54) is 64.2 Å². The summed E-state index contributed by atoms with van der Waals surface area (Å²) in [5, 5.41) is 5.68. The summed E-state index contributed by atoms with van der Waals surface area (Å²) in [5.74, 6) is 1.19. The molecule has 6 atom stereocenters. The van der Waals surface area contributed by atoms with Gasteiger partial charge in [0.15, 0.2) is 0 Å². The van der Waals surface area contributed by atoms with Crippen molar-refractivity contribution in [1.29, 1.82) is 0 Å². The molecule has 6 nitrogen and oxygen atoms in total. The third-order valence-corrected chi connectivity index (χ3v) is 10.0. The number of hydrogen-bond donors (Lipinski definition) is 3. The molecule has 0 aromatic rings. The molecule has 0 aromatic carbocycles. The van der Waals surface area contributed by atoms with E-state index in [0.29, 0.717) is 6.04 Å². The van der Waals surface area contributed by atoms with Crippen molar-refractivity contribution in [1.82, 2.24) is 10.6 Å². The molecule has 1 amide bonds. The first-order valence-electron chi connectivity index (χ1n) is 20.2. The SMILES string of the molecule is C=C(C(C)C=O)[C@H](C)C[C@@](C)(C[C@@H](C)N)OC.CC.CC1CCCCC1.CCC1=CC=CCC1.CCC[C@@](C)(CC)C(CC)NC=O.CNC. The summed E-state index contributed by atoms with van der Waals surface area (Å²) in [5.41, 5.74) is 8.41. The predicted molar refractivity (Wildman–Crippen MR) is 224 cm³/mol. The lowest BCUT2D eigenvalue weighted by Gasteiger charge is -2.36. The van der Waals surface area contributed by atoms with Crippen LogP contribution in [0.5, 0.6) is 0 Å². The number of carbonyl (C=O) groups excluding carboxylic acids is 2. The van der Waals surface area contributed by atoms with Gasteiger partial charge in [0, 0.05) is 25.1 Å². The molecule has 1 saturated carbocycles. The molecule has 0 aromatic heterocycles. The summed E-state index contributed by atoms with van der Waals surface area (Å²) in [6.07, 6.45) is 25.7. The smallest absolute Gasteiger partial charge is 0.207 e. The van der Waals surface area contributed by atoms with Gasteiger partial charge in [0.05, 0.1) is 5.60 Å². The Balaban J connectivity index is -0.000000282. The average molecular weight is 708 g/mol. The Morgan fingerprint density at radius 3 is 1.90 bits per heavy atom. The van der Waals surface area contributed by atoms with Gasteiger partial charge in [-0.25, -0.2) is 0 Å². The Labute approximate surface area is 313 Å². The summed E-state index contributed by atoms with van der Waals surface area (Å²) in [7, 11) is 5.46. The minimum absolute atomic E-state index is 0.0959. The van der Waals surface area contributed by atoms with Gasteiger partial charge in [-0.2, -0.15) is 0 Å². The fourth-order valence-corrected chi connectivity index (χ4v) is 6.56. The number of nitrogens with two attached hydrogens (primary N) is 1. The Hall–Kier alpha value is -1.76. The summed E-state index contributed by atoms with van der Waals surface area (Å²) >= 11 is 0. The zero-order valence-corrected chi connectivity index (χ0v) is 36.2. The number of amides is 1. The topological polar surface area (TPSA) is 93.5 Å². The Bertz CT molecular complexity index is 849. The van der Waals surface area contributed by atoms with E-state index < -0.39 is 0 Å². The molecule has 2 aliphatic carbocycles. The number of nitrogens with one attached hydrogen (secondary N) is 2. The molecule has 298 valence electrons. The van der Waals surface area contributed by atoms with Crippen molar-refractivity contribution in [2.45, 2.75) is 191 Å². The summed E-state index contributed by atoms with van der Waals surface area (Å²) in [6.45, 7) is 29.4. The lowest BCUT2D eigenvalue weighted by Crippen LogP contribution is -2.42.